The van der Waals surface area contributed by atoms with E-state index in [-0.39, 0.29) is 5.75 Å². The van der Waals surface area contributed by atoms with Gasteiger partial charge in [-0.15, -0.1) is 0 Å². The third-order valence-electron chi connectivity index (χ3n) is 4.02. The summed E-state index contributed by atoms with van der Waals surface area (Å²) < 4.78 is 24.8. The first-order chi connectivity index (χ1) is 9.81. The van der Waals surface area contributed by atoms with Gasteiger partial charge in [-0.3, -0.25) is 10.00 Å². The molecule has 6 nitrogen and oxygen atoms in total. The molecule has 1 aliphatic rings. The second kappa shape index (κ2) is 6.46. The van der Waals surface area contributed by atoms with Gasteiger partial charge in [0.05, 0.1) is 11.4 Å². The maximum Gasteiger partial charge on any atom is 0.213 e. The van der Waals surface area contributed by atoms with Crippen molar-refractivity contribution in [1.82, 2.24) is 19.4 Å². The molecule has 0 atom stereocenters. The van der Waals surface area contributed by atoms with Gasteiger partial charge in [0.2, 0.25) is 10.0 Å². The van der Waals surface area contributed by atoms with Crippen LogP contribution in [0.3, 0.4) is 0 Å². The van der Waals surface area contributed by atoms with E-state index in [1.807, 2.05) is 0 Å². The molecule has 21 heavy (non-hydrogen) atoms. The Balaban J connectivity index is 1.92. The van der Waals surface area contributed by atoms with Crippen LogP contribution in [0.1, 0.15) is 43.1 Å². The number of rotatable bonds is 6. The number of aromatic nitrogens is 2. The average molecular weight is 314 g/mol. The number of nitrogens with zero attached hydrogens (tertiary/aromatic N) is 3. The number of hydrogen-bond acceptors (Lipinski definition) is 4. The lowest BCUT2D eigenvalue weighted by Gasteiger charge is -2.27. The SMILES string of the molecule is CC(C)c1n[nH]c2c1CN(CCCS(=O)(=O)N(C)C)CC2. The van der Waals surface area contributed by atoms with Crippen molar-refractivity contribution in [3.8, 4) is 0 Å². The Morgan fingerprint density at radius 3 is 2.71 bits per heavy atom. The fourth-order valence-electron chi connectivity index (χ4n) is 2.69. The summed E-state index contributed by atoms with van der Waals surface area (Å²) in [6.45, 7) is 6.96. The molecule has 0 aromatic carbocycles. The Labute approximate surface area is 127 Å². The zero-order chi connectivity index (χ0) is 15.6. The van der Waals surface area contributed by atoms with Crippen LogP contribution < -0.4 is 0 Å². The van der Waals surface area contributed by atoms with E-state index in [0.717, 1.165) is 31.7 Å². The minimum Gasteiger partial charge on any atom is -0.299 e. The summed E-state index contributed by atoms with van der Waals surface area (Å²) in [5.74, 6) is 0.630. The first kappa shape index (κ1) is 16.5. The molecule has 0 bridgehead atoms. The van der Waals surface area contributed by atoms with E-state index in [4.69, 9.17) is 0 Å². The van der Waals surface area contributed by atoms with Crippen molar-refractivity contribution in [3.63, 3.8) is 0 Å². The van der Waals surface area contributed by atoms with Gasteiger partial charge in [-0.2, -0.15) is 5.10 Å². The zero-order valence-corrected chi connectivity index (χ0v) is 14.2. The third-order valence-corrected chi connectivity index (χ3v) is 5.94. The normalized spacial score (nSPS) is 16.7. The van der Waals surface area contributed by atoms with Crippen molar-refractivity contribution < 1.29 is 8.42 Å². The van der Waals surface area contributed by atoms with E-state index < -0.39 is 10.0 Å². The summed E-state index contributed by atoms with van der Waals surface area (Å²) in [5, 5.41) is 7.56. The van der Waals surface area contributed by atoms with E-state index in [1.54, 1.807) is 14.1 Å². The molecule has 0 saturated heterocycles. The molecule has 0 aliphatic carbocycles. The van der Waals surface area contributed by atoms with Crippen LogP contribution in [0.5, 0.6) is 0 Å². The summed E-state index contributed by atoms with van der Waals surface area (Å²) in [6.07, 6.45) is 1.64. The lowest BCUT2D eigenvalue weighted by Crippen LogP contribution is -2.33. The minimum absolute atomic E-state index is 0.214. The molecule has 1 aliphatic heterocycles. The molecule has 2 rings (SSSR count). The number of aromatic amines is 1. The molecule has 2 heterocycles. The summed E-state index contributed by atoms with van der Waals surface area (Å²) >= 11 is 0. The monoisotopic (exact) mass is 314 g/mol. The lowest BCUT2D eigenvalue weighted by molar-refractivity contribution is 0.253. The van der Waals surface area contributed by atoms with Crippen LogP contribution in [-0.4, -0.2) is 60.8 Å². The Bertz CT molecular complexity index is 578. The van der Waals surface area contributed by atoms with Gasteiger partial charge in [0.15, 0.2) is 0 Å². The van der Waals surface area contributed by atoms with E-state index in [2.05, 4.69) is 28.9 Å². The molecular weight excluding hydrogens is 288 g/mol. The predicted octanol–water partition coefficient (Wildman–Crippen LogP) is 1.17. The number of H-pyrrole nitrogens is 1. The van der Waals surface area contributed by atoms with Gasteiger partial charge in [-0.25, -0.2) is 12.7 Å². The molecular formula is C14H26N4O2S. The van der Waals surface area contributed by atoms with Crippen LogP contribution in [0.15, 0.2) is 0 Å². The average Bonchev–Trinajstić information content (AvgIpc) is 2.81. The van der Waals surface area contributed by atoms with Crippen molar-refractivity contribution >= 4 is 10.0 Å². The summed E-state index contributed by atoms with van der Waals surface area (Å²) in [5.41, 5.74) is 3.71. The highest BCUT2D eigenvalue weighted by atomic mass is 32.2. The maximum absolute atomic E-state index is 11.8. The Hall–Kier alpha value is -0.920. The number of hydrogen-bond donors (Lipinski definition) is 1. The summed E-state index contributed by atoms with van der Waals surface area (Å²) in [4.78, 5) is 2.33. The third kappa shape index (κ3) is 3.84. The van der Waals surface area contributed by atoms with Crippen molar-refractivity contribution in [3.05, 3.63) is 17.0 Å². The van der Waals surface area contributed by atoms with E-state index >= 15 is 0 Å². The highest BCUT2D eigenvalue weighted by Gasteiger charge is 2.23. The van der Waals surface area contributed by atoms with Crippen LogP contribution in [0.2, 0.25) is 0 Å². The van der Waals surface area contributed by atoms with E-state index in [1.165, 1.54) is 15.6 Å². The Morgan fingerprint density at radius 1 is 1.38 bits per heavy atom. The van der Waals surface area contributed by atoms with E-state index in [0.29, 0.717) is 12.3 Å². The van der Waals surface area contributed by atoms with Gasteiger partial charge in [-0.1, -0.05) is 13.8 Å². The quantitative estimate of drug-likeness (QED) is 0.856. The molecule has 0 unspecified atom stereocenters. The smallest absolute Gasteiger partial charge is 0.213 e. The Kier molecular flexibility index (Phi) is 5.06. The Morgan fingerprint density at radius 2 is 2.10 bits per heavy atom. The molecule has 0 amide bonds. The molecule has 120 valence electrons. The van der Waals surface area contributed by atoms with Crippen LogP contribution >= 0.6 is 0 Å². The molecule has 1 aromatic heterocycles. The molecule has 0 saturated carbocycles. The van der Waals surface area contributed by atoms with Crippen LogP contribution in [0, 0.1) is 0 Å². The second-order valence-corrected chi connectivity index (χ2v) is 8.50. The number of fused-ring (bicyclic) bond motifs is 1. The molecule has 7 heteroatoms. The van der Waals surface area contributed by atoms with Gasteiger partial charge in [0.1, 0.15) is 0 Å². The molecule has 0 fully saturated rings. The van der Waals surface area contributed by atoms with Gasteiger partial charge in [0.25, 0.3) is 0 Å². The van der Waals surface area contributed by atoms with Gasteiger partial charge in [-0.05, 0) is 18.9 Å². The van der Waals surface area contributed by atoms with Gasteiger partial charge >= 0.3 is 0 Å². The highest BCUT2D eigenvalue weighted by Crippen LogP contribution is 2.25. The standard InChI is InChI=1S/C14H26N4O2S/c1-11(2)14-12-10-18(8-6-13(12)15-16-14)7-5-9-21(19,20)17(3)4/h11H,5-10H2,1-4H3,(H,15,16). The van der Waals surface area contributed by atoms with Crippen molar-refractivity contribution in [1.29, 1.82) is 0 Å². The summed E-state index contributed by atoms with van der Waals surface area (Å²) in [6, 6.07) is 0. The van der Waals surface area contributed by atoms with E-state index in [9.17, 15) is 8.42 Å². The first-order valence-electron chi connectivity index (χ1n) is 7.50. The van der Waals surface area contributed by atoms with Crippen molar-refractivity contribution in [2.75, 3.05) is 32.9 Å². The largest absolute Gasteiger partial charge is 0.299 e. The topological polar surface area (TPSA) is 69.3 Å². The fraction of sp³-hybridized carbons (Fsp3) is 0.786. The van der Waals surface area contributed by atoms with Crippen molar-refractivity contribution in [2.24, 2.45) is 0 Å². The summed E-state index contributed by atoms with van der Waals surface area (Å²) in [7, 11) is 0.0903. The zero-order valence-electron chi connectivity index (χ0n) is 13.4. The highest BCUT2D eigenvalue weighted by molar-refractivity contribution is 7.89. The second-order valence-electron chi connectivity index (χ2n) is 6.20. The fourth-order valence-corrected chi connectivity index (χ4v) is 3.55. The minimum atomic E-state index is -3.08. The van der Waals surface area contributed by atoms with Crippen molar-refractivity contribution in [2.45, 2.75) is 39.2 Å². The molecule has 1 aromatic rings. The van der Waals surface area contributed by atoms with Crippen LogP contribution in [0.25, 0.3) is 0 Å². The first-order valence-corrected chi connectivity index (χ1v) is 9.10. The van der Waals surface area contributed by atoms with Crippen LogP contribution in [-0.2, 0) is 23.0 Å². The maximum atomic E-state index is 11.8. The van der Waals surface area contributed by atoms with Crippen LogP contribution in [0.4, 0.5) is 0 Å². The van der Waals surface area contributed by atoms with Gasteiger partial charge in [0, 0.05) is 44.9 Å². The predicted molar refractivity (Wildman–Crippen MR) is 83.7 cm³/mol. The molecule has 0 spiro atoms. The number of nitrogens with one attached hydrogen (secondary N) is 1. The molecule has 0 radical (unpaired) electrons. The lowest BCUT2D eigenvalue weighted by atomic mass is 9.99. The van der Waals surface area contributed by atoms with Gasteiger partial charge < -0.3 is 0 Å². The molecule has 1 N–H and O–H groups in total. The number of sulfonamides is 1.